The van der Waals surface area contributed by atoms with E-state index in [1.807, 2.05) is 60.7 Å². The third-order valence-electron chi connectivity index (χ3n) is 14.8. The highest BCUT2D eigenvalue weighted by atomic mass is 31.2. The van der Waals surface area contributed by atoms with Crippen molar-refractivity contribution in [2.45, 2.75) is 12.3 Å². The molecule has 2 heterocycles. The molecule has 67 heavy (non-hydrogen) atoms. The molecule has 14 rings (SSSR count). The van der Waals surface area contributed by atoms with Crippen molar-refractivity contribution in [2.24, 2.45) is 0 Å². The number of fused-ring (bicyclic) bond motifs is 18. The first-order chi connectivity index (χ1) is 33.0. The van der Waals surface area contributed by atoms with Crippen LogP contribution in [0.3, 0.4) is 0 Å². The second-order valence-corrected chi connectivity index (χ2v) is 20.9. The number of pyridine rings is 1. The predicted molar refractivity (Wildman–Crippen MR) is 279 cm³/mol. The summed E-state index contributed by atoms with van der Waals surface area (Å²) in [4.78, 5) is 5.18. The van der Waals surface area contributed by atoms with E-state index in [0.29, 0.717) is 0 Å². The normalized spacial score (nSPS) is 13.3. The van der Waals surface area contributed by atoms with Crippen LogP contribution in [0.1, 0.15) is 27.8 Å². The van der Waals surface area contributed by atoms with Gasteiger partial charge in [-0.2, -0.15) is 0 Å². The molecule has 12 aromatic rings. The number of imidazole rings is 1. The van der Waals surface area contributed by atoms with Crippen molar-refractivity contribution in [2.75, 3.05) is 0 Å². The molecule has 0 bridgehead atoms. The Bertz CT molecular complexity index is 3990. The Morgan fingerprint density at radius 2 is 0.925 bits per heavy atom. The standard InChI is InChI=1S/C63H41N2OP/c1-40-36-44(37-53-52-22-10-14-26-59(52)65-60-27-15-13-25-58(60)64-62(65)61(40)53)42-30-28-41(29-31-42)43-32-34-50-51-35-33-47(67(66,45-16-4-2-5-17-45)46-18-6-3-7-19-46)39-57(51)63(56(50)38-43)54-23-11-8-20-48(54)49-21-9-12-24-55(49)63/h2-39H,1H3. The zero-order valence-corrected chi connectivity index (χ0v) is 37.6. The number of aryl methyl sites for hydroxylation is 1. The molecule has 2 aromatic heterocycles. The molecule has 2 aliphatic carbocycles. The number of benzene rings is 10. The molecule has 1 spiro atoms. The van der Waals surface area contributed by atoms with E-state index in [2.05, 4.69) is 181 Å². The van der Waals surface area contributed by atoms with Crippen LogP contribution in [0.25, 0.3) is 82.9 Å². The Morgan fingerprint density at radius 1 is 0.403 bits per heavy atom. The maximum absolute atomic E-state index is 16.0. The van der Waals surface area contributed by atoms with Crippen molar-refractivity contribution >= 4 is 61.4 Å². The van der Waals surface area contributed by atoms with Gasteiger partial charge in [-0.05, 0) is 121 Å². The fourth-order valence-corrected chi connectivity index (χ4v) is 14.6. The van der Waals surface area contributed by atoms with Gasteiger partial charge in [0, 0.05) is 26.7 Å². The van der Waals surface area contributed by atoms with Gasteiger partial charge in [-0.3, -0.25) is 4.40 Å². The molecule has 2 aliphatic rings. The summed E-state index contributed by atoms with van der Waals surface area (Å²) in [6.45, 7) is 2.22. The lowest BCUT2D eigenvalue weighted by Gasteiger charge is -2.31. The van der Waals surface area contributed by atoms with Crippen molar-refractivity contribution in [3.05, 3.63) is 258 Å². The summed E-state index contributed by atoms with van der Waals surface area (Å²) < 4.78 is 18.3. The third kappa shape index (κ3) is 5.24. The Labute approximate surface area is 388 Å². The van der Waals surface area contributed by atoms with Gasteiger partial charge in [-0.25, -0.2) is 4.98 Å². The predicted octanol–water partition coefficient (Wildman–Crippen LogP) is 14.4. The number of para-hydroxylation sites is 3. The molecule has 0 fully saturated rings. The van der Waals surface area contributed by atoms with Crippen LogP contribution in [-0.2, 0) is 9.98 Å². The Morgan fingerprint density at radius 3 is 1.61 bits per heavy atom. The van der Waals surface area contributed by atoms with Crippen molar-refractivity contribution in [1.82, 2.24) is 9.38 Å². The minimum absolute atomic E-state index is 0.612. The van der Waals surface area contributed by atoms with E-state index >= 15 is 4.57 Å². The van der Waals surface area contributed by atoms with Crippen LogP contribution < -0.4 is 15.9 Å². The highest BCUT2D eigenvalue weighted by molar-refractivity contribution is 7.85. The number of nitrogens with zero attached hydrogens (tertiary/aromatic N) is 2. The largest absolute Gasteiger partial charge is 0.309 e. The van der Waals surface area contributed by atoms with Gasteiger partial charge >= 0.3 is 0 Å². The van der Waals surface area contributed by atoms with E-state index in [0.717, 1.165) is 49.2 Å². The average molecular weight is 873 g/mol. The van der Waals surface area contributed by atoms with Gasteiger partial charge in [-0.15, -0.1) is 0 Å². The van der Waals surface area contributed by atoms with Crippen LogP contribution in [0, 0.1) is 6.92 Å². The molecule has 3 nitrogen and oxygen atoms in total. The quantitative estimate of drug-likeness (QED) is 0.128. The molecule has 0 radical (unpaired) electrons. The van der Waals surface area contributed by atoms with Gasteiger partial charge in [0.25, 0.3) is 0 Å². The van der Waals surface area contributed by atoms with Crippen LogP contribution in [0.2, 0.25) is 0 Å². The summed E-state index contributed by atoms with van der Waals surface area (Å²) in [6, 6.07) is 82.5. The summed E-state index contributed by atoms with van der Waals surface area (Å²) in [5, 5.41) is 6.12. The van der Waals surface area contributed by atoms with E-state index in [1.165, 1.54) is 77.4 Å². The van der Waals surface area contributed by atoms with E-state index in [-0.39, 0.29) is 0 Å². The van der Waals surface area contributed by atoms with Gasteiger partial charge in [0.2, 0.25) is 0 Å². The number of aromatic nitrogens is 2. The first-order valence-corrected chi connectivity index (χ1v) is 24.8. The number of hydrogen-bond acceptors (Lipinski definition) is 2. The molecule has 0 saturated heterocycles. The molecular formula is C63H41N2OP. The molecule has 4 heteroatoms. The highest BCUT2D eigenvalue weighted by Crippen LogP contribution is 2.63. The first-order valence-electron chi connectivity index (χ1n) is 23.1. The monoisotopic (exact) mass is 872 g/mol. The molecule has 314 valence electrons. The fourth-order valence-electron chi connectivity index (χ4n) is 11.9. The van der Waals surface area contributed by atoms with Gasteiger partial charge in [-0.1, -0.05) is 194 Å². The molecule has 0 N–H and O–H groups in total. The van der Waals surface area contributed by atoms with Crippen LogP contribution in [-0.4, -0.2) is 9.38 Å². The zero-order valence-electron chi connectivity index (χ0n) is 36.7. The van der Waals surface area contributed by atoms with Crippen molar-refractivity contribution in [3.63, 3.8) is 0 Å². The lowest BCUT2D eigenvalue weighted by molar-refractivity contribution is 0.592. The van der Waals surface area contributed by atoms with E-state index in [9.17, 15) is 0 Å². The first kappa shape index (κ1) is 38.2. The summed E-state index contributed by atoms with van der Waals surface area (Å²) >= 11 is 0. The summed E-state index contributed by atoms with van der Waals surface area (Å²) in [5.74, 6) is 0. The topological polar surface area (TPSA) is 34.4 Å². The Kier molecular flexibility index (Phi) is 8.09. The lowest BCUT2D eigenvalue weighted by Crippen LogP contribution is -2.29. The molecule has 0 amide bonds. The van der Waals surface area contributed by atoms with Gasteiger partial charge in [0.05, 0.1) is 22.0 Å². The van der Waals surface area contributed by atoms with Crippen LogP contribution >= 0.6 is 7.14 Å². The maximum atomic E-state index is 16.0. The summed E-state index contributed by atoms with van der Waals surface area (Å²) in [5.41, 5.74) is 19.4. The number of rotatable bonds is 5. The maximum Gasteiger partial charge on any atom is 0.171 e. The lowest BCUT2D eigenvalue weighted by atomic mass is 9.70. The molecule has 0 aliphatic heterocycles. The van der Waals surface area contributed by atoms with E-state index in [4.69, 9.17) is 4.98 Å². The summed E-state index contributed by atoms with van der Waals surface area (Å²) in [7, 11) is -3.27. The molecule has 0 unspecified atom stereocenters. The summed E-state index contributed by atoms with van der Waals surface area (Å²) in [6.07, 6.45) is 0. The minimum Gasteiger partial charge on any atom is -0.309 e. The molecular weight excluding hydrogens is 832 g/mol. The second-order valence-electron chi connectivity index (χ2n) is 18.2. The van der Waals surface area contributed by atoms with Gasteiger partial charge in [0.15, 0.2) is 7.14 Å². The van der Waals surface area contributed by atoms with Crippen molar-refractivity contribution in [3.8, 4) is 44.5 Å². The SMILES string of the molecule is Cc1cc(-c2ccc(-c3ccc4c(c3)C3(c5ccccc5-c5ccccc53)c3cc(P(=O)(c5ccccc5)c5ccccc5)ccc3-4)cc2)cc2c3ccccc3n3c4ccccc4nc3c12. The van der Waals surface area contributed by atoms with Gasteiger partial charge < -0.3 is 4.57 Å². The average Bonchev–Trinajstić information content (AvgIpc) is 4.03. The molecule has 0 saturated carbocycles. The Balaban J connectivity index is 0.930. The van der Waals surface area contributed by atoms with Crippen LogP contribution in [0.4, 0.5) is 0 Å². The smallest absolute Gasteiger partial charge is 0.171 e. The van der Waals surface area contributed by atoms with Crippen LogP contribution in [0.5, 0.6) is 0 Å². The third-order valence-corrected chi connectivity index (χ3v) is 17.8. The van der Waals surface area contributed by atoms with Crippen molar-refractivity contribution < 1.29 is 4.57 Å². The van der Waals surface area contributed by atoms with Crippen molar-refractivity contribution in [1.29, 1.82) is 0 Å². The fraction of sp³-hybridized carbons (Fsp3) is 0.0317. The highest BCUT2D eigenvalue weighted by Gasteiger charge is 2.52. The van der Waals surface area contributed by atoms with Gasteiger partial charge in [0.1, 0.15) is 5.65 Å². The molecule has 0 atom stereocenters. The minimum atomic E-state index is -3.27. The number of hydrogen-bond donors (Lipinski definition) is 0. The Hall–Kier alpha value is -8.10. The zero-order chi connectivity index (χ0) is 44.4. The molecule has 10 aromatic carbocycles. The van der Waals surface area contributed by atoms with Crippen LogP contribution in [0.15, 0.2) is 231 Å². The van der Waals surface area contributed by atoms with E-state index in [1.54, 1.807) is 0 Å². The second kappa shape index (κ2) is 14.2. The van der Waals surface area contributed by atoms with E-state index < -0.39 is 12.6 Å².